The summed E-state index contributed by atoms with van der Waals surface area (Å²) >= 11 is 3.22. The summed E-state index contributed by atoms with van der Waals surface area (Å²) in [4.78, 5) is 22.7. The van der Waals surface area contributed by atoms with E-state index in [-0.39, 0.29) is 0 Å². The predicted octanol–water partition coefficient (Wildman–Crippen LogP) is 1.70. The van der Waals surface area contributed by atoms with Crippen LogP contribution in [0.4, 0.5) is 0 Å². The first-order valence-electron chi connectivity index (χ1n) is 4.68. The molecule has 17 heavy (non-hydrogen) atoms. The van der Waals surface area contributed by atoms with Gasteiger partial charge in [0.2, 0.25) is 0 Å². The Morgan fingerprint density at radius 3 is 2.65 bits per heavy atom. The van der Waals surface area contributed by atoms with Gasteiger partial charge in [0.05, 0.1) is 10.9 Å². The Hall–Kier alpha value is -1.82. The molecule has 0 spiro atoms. The van der Waals surface area contributed by atoms with Crippen LogP contribution in [-0.4, -0.2) is 20.7 Å². The zero-order chi connectivity index (χ0) is 12.7. The molecule has 6 heteroatoms. The molecule has 0 saturated carbocycles. The van der Waals surface area contributed by atoms with Gasteiger partial charge in [-0.1, -0.05) is 6.07 Å². The maximum Gasteiger partial charge on any atom is 0.345 e. The van der Waals surface area contributed by atoms with E-state index in [0.717, 1.165) is 0 Å². The van der Waals surface area contributed by atoms with Crippen LogP contribution in [0.5, 0.6) is 5.75 Å². The van der Waals surface area contributed by atoms with Crippen molar-refractivity contribution in [2.24, 2.45) is 7.05 Å². The molecule has 0 aliphatic carbocycles. The Labute approximate surface area is 104 Å². The number of benzene rings is 1. The number of hydrogen-bond acceptors (Lipinski definition) is 3. The molecule has 0 atom stereocenters. The van der Waals surface area contributed by atoms with E-state index in [0.29, 0.717) is 15.4 Å². The standard InChI is InChI=1S/C11H8BrNO4/c1-13-6-4-2-3-5(12)7(6)9(14)8(10(13)15)11(16)17/h2-4,14H,1H3,(H,16,17). The number of aromatic carboxylic acids is 1. The van der Waals surface area contributed by atoms with Crippen molar-refractivity contribution in [1.29, 1.82) is 0 Å². The lowest BCUT2D eigenvalue weighted by Crippen LogP contribution is -2.24. The average molecular weight is 298 g/mol. The number of aromatic hydroxyl groups is 1. The van der Waals surface area contributed by atoms with Crippen LogP contribution in [0.1, 0.15) is 10.4 Å². The van der Waals surface area contributed by atoms with Gasteiger partial charge in [-0.25, -0.2) is 4.79 Å². The van der Waals surface area contributed by atoms with Gasteiger partial charge in [0.25, 0.3) is 5.56 Å². The van der Waals surface area contributed by atoms with Crippen molar-refractivity contribution in [3.8, 4) is 5.75 Å². The van der Waals surface area contributed by atoms with E-state index in [1.54, 1.807) is 18.2 Å². The summed E-state index contributed by atoms with van der Waals surface area (Å²) in [5.41, 5.74) is -0.889. The second-order valence-electron chi connectivity index (χ2n) is 3.53. The molecule has 0 unspecified atom stereocenters. The Balaban J connectivity index is 3.13. The first-order valence-corrected chi connectivity index (χ1v) is 5.48. The number of carboxylic acids is 1. The van der Waals surface area contributed by atoms with Gasteiger partial charge in [0, 0.05) is 11.5 Å². The quantitative estimate of drug-likeness (QED) is 0.840. The van der Waals surface area contributed by atoms with Gasteiger partial charge >= 0.3 is 5.97 Å². The van der Waals surface area contributed by atoms with E-state index < -0.39 is 22.8 Å². The molecule has 1 aromatic carbocycles. The second kappa shape index (κ2) is 3.89. The highest BCUT2D eigenvalue weighted by Gasteiger charge is 2.21. The summed E-state index contributed by atoms with van der Waals surface area (Å²) in [5.74, 6) is -1.95. The van der Waals surface area contributed by atoms with Crippen molar-refractivity contribution in [3.63, 3.8) is 0 Å². The van der Waals surface area contributed by atoms with Crippen LogP contribution in [0, 0.1) is 0 Å². The summed E-state index contributed by atoms with van der Waals surface area (Å²) in [6.07, 6.45) is 0. The fourth-order valence-electron chi connectivity index (χ4n) is 1.72. The van der Waals surface area contributed by atoms with Gasteiger partial charge in [-0.3, -0.25) is 4.79 Å². The lowest BCUT2D eigenvalue weighted by Gasteiger charge is -2.10. The van der Waals surface area contributed by atoms with E-state index >= 15 is 0 Å². The molecule has 1 aromatic heterocycles. The highest BCUT2D eigenvalue weighted by atomic mass is 79.9. The number of carbonyl (C=O) groups is 1. The molecule has 0 saturated heterocycles. The van der Waals surface area contributed by atoms with Crippen LogP contribution in [0.15, 0.2) is 27.5 Å². The molecule has 2 N–H and O–H groups in total. The zero-order valence-electron chi connectivity index (χ0n) is 8.77. The maximum atomic E-state index is 11.8. The minimum atomic E-state index is -1.44. The largest absolute Gasteiger partial charge is 0.506 e. The lowest BCUT2D eigenvalue weighted by molar-refractivity contribution is 0.0691. The summed E-state index contributed by atoms with van der Waals surface area (Å²) in [6.45, 7) is 0. The molecule has 1 heterocycles. The van der Waals surface area contributed by atoms with Gasteiger partial charge < -0.3 is 14.8 Å². The van der Waals surface area contributed by atoms with Crippen LogP contribution in [0.3, 0.4) is 0 Å². The van der Waals surface area contributed by atoms with E-state index in [1.165, 1.54) is 11.6 Å². The number of aryl methyl sites for hydroxylation is 1. The molecule has 0 aliphatic heterocycles. The fraction of sp³-hybridized carbons (Fsp3) is 0.0909. The molecule has 0 radical (unpaired) electrons. The Morgan fingerprint density at radius 2 is 2.06 bits per heavy atom. The van der Waals surface area contributed by atoms with Gasteiger partial charge in [0.1, 0.15) is 5.75 Å². The summed E-state index contributed by atoms with van der Waals surface area (Å²) in [6, 6.07) is 5.00. The molecule has 0 amide bonds. The Morgan fingerprint density at radius 1 is 1.41 bits per heavy atom. The number of hydrogen-bond donors (Lipinski definition) is 2. The van der Waals surface area contributed by atoms with Crippen molar-refractivity contribution in [2.45, 2.75) is 0 Å². The number of fused-ring (bicyclic) bond motifs is 1. The second-order valence-corrected chi connectivity index (χ2v) is 4.38. The van der Waals surface area contributed by atoms with Crippen molar-refractivity contribution in [2.75, 3.05) is 0 Å². The normalized spacial score (nSPS) is 10.7. The maximum absolute atomic E-state index is 11.8. The number of halogens is 1. The van der Waals surface area contributed by atoms with Crippen molar-refractivity contribution in [1.82, 2.24) is 4.57 Å². The van der Waals surface area contributed by atoms with E-state index in [2.05, 4.69) is 15.9 Å². The van der Waals surface area contributed by atoms with Crippen molar-refractivity contribution < 1.29 is 15.0 Å². The van der Waals surface area contributed by atoms with Crippen LogP contribution in [0.25, 0.3) is 10.9 Å². The third-order valence-corrected chi connectivity index (χ3v) is 3.22. The molecular formula is C11H8BrNO4. The first-order chi connectivity index (χ1) is 7.95. The highest BCUT2D eigenvalue weighted by Crippen LogP contribution is 2.32. The molecular weight excluding hydrogens is 290 g/mol. The van der Waals surface area contributed by atoms with Crippen molar-refractivity contribution >= 4 is 32.8 Å². The number of carboxylic acid groups (broad SMARTS) is 1. The molecule has 0 fully saturated rings. The van der Waals surface area contributed by atoms with Crippen LogP contribution in [-0.2, 0) is 7.05 Å². The number of aromatic nitrogens is 1. The predicted molar refractivity (Wildman–Crippen MR) is 65.5 cm³/mol. The minimum absolute atomic E-state index is 0.312. The summed E-state index contributed by atoms with van der Waals surface area (Å²) in [5, 5.41) is 19.1. The van der Waals surface area contributed by atoms with Crippen LogP contribution >= 0.6 is 15.9 Å². The summed E-state index contributed by atoms with van der Waals surface area (Å²) in [7, 11) is 1.46. The SMILES string of the molecule is Cn1c(=O)c(C(=O)O)c(O)c2c(Br)cccc21. The van der Waals surface area contributed by atoms with Gasteiger partial charge in [-0.2, -0.15) is 0 Å². The van der Waals surface area contributed by atoms with Crippen LogP contribution < -0.4 is 5.56 Å². The topological polar surface area (TPSA) is 79.5 Å². The molecule has 2 rings (SSSR count). The smallest absolute Gasteiger partial charge is 0.345 e. The van der Waals surface area contributed by atoms with Crippen molar-refractivity contribution in [3.05, 3.63) is 38.6 Å². The molecule has 2 aromatic rings. The monoisotopic (exact) mass is 297 g/mol. The molecule has 0 aliphatic rings. The third-order valence-electron chi connectivity index (χ3n) is 2.56. The Bertz CT molecular complexity index is 690. The minimum Gasteiger partial charge on any atom is -0.506 e. The first kappa shape index (κ1) is 11.7. The van der Waals surface area contributed by atoms with E-state index in [4.69, 9.17) is 5.11 Å². The fourth-order valence-corrected chi connectivity index (χ4v) is 2.27. The zero-order valence-corrected chi connectivity index (χ0v) is 10.4. The van der Waals surface area contributed by atoms with Gasteiger partial charge in [0.15, 0.2) is 5.56 Å². The number of nitrogens with zero attached hydrogens (tertiary/aromatic N) is 1. The van der Waals surface area contributed by atoms with Gasteiger partial charge in [-0.15, -0.1) is 0 Å². The Kier molecular flexibility index (Phi) is 2.66. The molecule has 88 valence electrons. The lowest BCUT2D eigenvalue weighted by atomic mass is 10.1. The average Bonchev–Trinajstić information content (AvgIpc) is 2.25. The van der Waals surface area contributed by atoms with Gasteiger partial charge in [-0.05, 0) is 28.1 Å². The molecule has 5 nitrogen and oxygen atoms in total. The number of rotatable bonds is 1. The third kappa shape index (κ3) is 1.61. The summed E-state index contributed by atoms with van der Waals surface area (Å²) < 4.78 is 1.73. The highest BCUT2D eigenvalue weighted by molar-refractivity contribution is 9.10. The number of pyridine rings is 1. The molecule has 0 bridgehead atoms. The van der Waals surface area contributed by atoms with E-state index in [9.17, 15) is 14.7 Å². The van der Waals surface area contributed by atoms with E-state index in [1.807, 2.05) is 0 Å². The van der Waals surface area contributed by atoms with Crippen LogP contribution in [0.2, 0.25) is 0 Å².